The van der Waals surface area contributed by atoms with Crippen molar-refractivity contribution in [2.75, 3.05) is 11.9 Å². The van der Waals surface area contributed by atoms with Crippen LogP contribution in [-0.4, -0.2) is 18.4 Å². The maximum absolute atomic E-state index is 12.8. The van der Waals surface area contributed by atoms with Gasteiger partial charge in [-0.25, -0.2) is 4.39 Å². The molecule has 24 heavy (non-hydrogen) atoms. The van der Waals surface area contributed by atoms with Crippen LogP contribution in [0.1, 0.15) is 17.5 Å². The largest absolute Gasteiger partial charge is 0.355 e. The Hall–Kier alpha value is -2.21. The van der Waals surface area contributed by atoms with E-state index in [0.29, 0.717) is 18.7 Å². The van der Waals surface area contributed by atoms with Gasteiger partial charge in [-0.15, -0.1) is 0 Å². The second kappa shape index (κ2) is 8.59. The number of hydrogen-bond donors (Lipinski definition) is 2. The Morgan fingerprint density at radius 3 is 2.46 bits per heavy atom. The Labute approximate surface area is 148 Å². The second-order valence-corrected chi connectivity index (χ2v) is 6.27. The molecule has 2 amide bonds. The Kier molecular flexibility index (Phi) is 6.49. The molecule has 0 atom stereocenters. The molecule has 0 unspecified atom stereocenters. The number of rotatable bonds is 6. The van der Waals surface area contributed by atoms with E-state index in [9.17, 15) is 14.0 Å². The standard InChI is InChI=1S/C18H18BrFN2O2/c1-12-10-15(6-7-16(12)19)22-18(24)11-17(23)21-9-8-13-2-4-14(20)5-3-13/h2-7,10H,8-9,11H2,1H3,(H,21,23)(H,22,24). The van der Waals surface area contributed by atoms with E-state index in [4.69, 9.17) is 0 Å². The van der Waals surface area contributed by atoms with Crippen LogP contribution >= 0.6 is 15.9 Å². The van der Waals surface area contributed by atoms with Gasteiger partial charge in [0, 0.05) is 16.7 Å². The van der Waals surface area contributed by atoms with Crippen LogP contribution in [0.4, 0.5) is 10.1 Å². The van der Waals surface area contributed by atoms with Gasteiger partial charge in [-0.1, -0.05) is 28.1 Å². The highest BCUT2D eigenvalue weighted by atomic mass is 79.9. The van der Waals surface area contributed by atoms with E-state index in [0.717, 1.165) is 15.6 Å². The molecule has 2 rings (SSSR count). The summed E-state index contributed by atoms with van der Waals surface area (Å²) >= 11 is 3.39. The molecule has 0 fully saturated rings. The number of carbonyl (C=O) groups excluding carboxylic acids is 2. The molecule has 0 aromatic heterocycles. The van der Waals surface area contributed by atoms with Crippen molar-refractivity contribution < 1.29 is 14.0 Å². The lowest BCUT2D eigenvalue weighted by Gasteiger charge is -2.08. The highest BCUT2D eigenvalue weighted by Gasteiger charge is 2.10. The highest BCUT2D eigenvalue weighted by molar-refractivity contribution is 9.10. The predicted octanol–water partition coefficient (Wildman–Crippen LogP) is 3.58. The third-order valence-corrected chi connectivity index (χ3v) is 4.30. The molecule has 4 nitrogen and oxygen atoms in total. The molecule has 0 spiro atoms. The van der Waals surface area contributed by atoms with Gasteiger partial charge in [0.1, 0.15) is 12.2 Å². The van der Waals surface area contributed by atoms with Crippen LogP contribution in [0.3, 0.4) is 0 Å². The van der Waals surface area contributed by atoms with Crippen LogP contribution < -0.4 is 10.6 Å². The van der Waals surface area contributed by atoms with Gasteiger partial charge in [-0.2, -0.15) is 0 Å². The number of hydrogen-bond acceptors (Lipinski definition) is 2. The molecule has 2 aromatic rings. The summed E-state index contributed by atoms with van der Waals surface area (Å²) in [6, 6.07) is 11.5. The van der Waals surface area contributed by atoms with E-state index in [2.05, 4.69) is 26.6 Å². The molecule has 0 aliphatic carbocycles. The van der Waals surface area contributed by atoms with Crippen LogP contribution in [-0.2, 0) is 16.0 Å². The molecular weight excluding hydrogens is 375 g/mol. The van der Waals surface area contributed by atoms with Crippen LogP contribution in [0.5, 0.6) is 0 Å². The minimum absolute atomic E-state index is 0.238. The van der Waals surface area contributed by atoms with E-state index in [1.807, 2.05) is 19.1 Å². The fourth-order valence-electron chi connectivity index (χ4n) is 2.13. The summed E-state index contributed by atoms with van der Waals surface area (Å²) in [5, 5.41) is 5.37. The Morgan fingerprint density at radius 2 is 1.79 bits per heavy atom. The second-order valence-electron chi connectivity index (χ2n) is 5.42. The summed E-state index contributed by atoms with van der Waals surface area (Å²) in [7, 11) is 0. The third-order valence-electron chi connectivity index (χ3n) is 3.41. The van der Waals surface area contributed by atoms with Crippen LogP contribution in [0, 0.1) is 12.7 Å². The van der Waals surface area contributed by atoms with E-state index >= 15 is 0 Å². The smallest absolute Gasteiger partial charge is 0.233 e. The van der Waals surface area contributed by atoms with Crippen molar-refractivity contribution in [2.45, 2.75) is 19.8 Å². The quantitative estimate of drug-likeness (QED) is 0.738. The maximum atomic E-state index is 12.8. The van der Waals surface area contributed by atoms with Gasteiger partial charge in [0.15, 0.2) is 0 Å². The molecule has 0 saturated heterocycles. The molecule has 0 bridgehead atoms. The van der Waals surface area contributed by atoms with Gasteiger partial charge in [0.25, 0.3) is 0 Å². The molecule has 0 saturated carbocycles. The Bertz CT molecular complexity index is 732. The van der Waals surface area contributed by atoms with Crippen molar-refractivity contribution in [2.24, 2.45) is 0 Å². The van der Waals surface area contributed by atoms with Gasteiger partial charge >= 0.3 is 0 Å². The van der Waals surface area contributed by atoms with E-state index in [1.54, 1.807) is 18.2 Å². The SMILES string of the molecule is Cc1cc(NC(=O)CC(=O)NCCc2ccc(F)cc2)ccc1Br. The Morgan fingerprint density at radius 1 is 1.08 bits per heavy atom. The zero-order chi connectivity index (χ0) is 17.5. The lowest BCUT2D eigenvalue weighted by atomic mass is 10.1. The van der Waals surface area contributed by atoms with Crippen molar-refractivity contribution in [3.63, 3.8) is 0 Å². The van der Waals surface area contributed by atoms with Gasteiger partial charge < -0.3 is 10.6 Å². The average molecular weight is 393 g/mol. The Balaban J connectivity index is 1.74. The zero-order valence-corrected chi connectivity index (χ0v) is 14.8. The molecule has 0 radical (unpaired) electrons. The van der Waals surface area contributed by atoms with Gasteiger partial charge in [0.05, 0.1) is 0 Å². The van der Waals surface area contributed by atoms with E-state index in [-0.39, 0.29) is 24.1 Å². The van der Waals surface area contributed by atoms with Crippen LogP contribution in [0.2, 0.25) is 0 Å². The number of halogens is 2. The molecule has 0 heterocycles. The molecule has 2 N–H and O–H groups in total. The lowest BCUT2D eigenvalue weighted by molar-refractivity contribution is -0.126. The maximum Gasteiger partial charge on any atom is 0.233 e. The van der Waals surface area contributed by atoms with Crippen LogP contribution in [0.25, 0.3) is 0 Å². The minimum Gasteiger partial charge on any atom is -0.355 e. The molecule has 126 valence electrons. The lowest BCUT2D eigenvalue weighted by Crippen LogP contribution is -2.29. The molecule has 2 aromatic carbocycles. The first-order chi connectivity index (χ1) is 11.4. The summed E-state index contributed by atoms with van der Waals surface area (Å²) in [4.78, 5) is 23.6. The third kappa shape index (κ3) is 5.77. The molecule has 0 aliphatic rings. The van der Waals surface area contributed by atoms with Gasteiger partial charge in [-0.3, -0.25) is 9.59 Å². The molecule has 6 heteroatoms. The number of benzene rings is 2. The summed E-state index contributed by atoms with van der Waals surface area (Å²) in [6.07, 6.45) is 0.345. The van der Waals surface area contributed by atoms with Crippen molar-refractivity contribution in [1.29, 1.82) is 0 Å². The van der Waals surface area contributed by atoms with Crippen molar-refractivity contribution >= 4 is 33.4 Å². The fourth-order valence-corrected chi connectivity index (χ4v) is 2.38. The predicted molar refractivity (Wildman–Crippen MR) is 95.2 cm³/mol. The van der Waals surface area contributed by atoms with Crippen molar-refractivity contribution in [3.8, 4) is 0 Å². The van der Waals surface area contributed by atoms with E-state index < -0.39 is 0 Å². The first-order valence-corrected chi connectivity index (χ1v) is 8.30. The monoisotopic (exact) mass is 392 g/mol. The minimum atomic E-state index is -0.365. The zero-order valence-electron chi connectivity index (χ0n) is 13.2. The van der Waals surface area contributed by atoms with Gasteiger partial charge in [-0.05, 0) is 54.8 Å². The number of amides is 2. The highest BCUT2D eigenvalue weighted by Crippen LogP contribution is 2.20. The summed E-state index contributed by atoms with van der Waals surface area (Å²) in [5.41, 5.74) is 2.57. The number of aryl methyl sites for hydroxylation is 1. The van der Waals surface area contributed by atoms with Gasteiger partial charge in [0.2, 0.25) is 11.8 Å². The van der Waals surface area contributed by atoms with Crippen molar-refractivity contribution in [1.82, 2.24) is 5.32 Å². The number of nitrogens with one attached hydrogen (secondary N) is 2. The first-order valence-electron chi connectivity index (χ1n) is 7.51. The number of anilines is 1. The fraction of sp³-hybridized carbons (Fsp3) is 0.222. The normalized spacial score (nSPS) is 10.3. The first kappa shape index (κ1) is 18.1. The molecular formula is C18H18BrFN2O2. The molecule has 0 aliphatic heterocycles. The summed E-state index contributed by atoms with van der Waals surface area (Å²) < 4.78 is 13.7. The summed E-state index contributed by atoms with van der Waals surface area (Å²) in [6.45, 7) is 2.32. The van der Waals surface area contributed by atoms with Crippen LogP contribution in [0.15, 0.2) is 46.9 Å². The van der Waals surface area contributed by atoms with E-state index in [1.165, 1.54) is 12.1 Å². The van der Waals surface area contributed by atoms with Crippen molar-refractivity contribution in [3.05, 3.63) is 63.9 Å². The number of carbonyl (C=O) groups is 2. The summed E-state index contributed by atoms with van der Waals surface area (Å²) in [5.74, 6) is -0.998. The topological polar surface area (TPSA) is 58.2 Å². The average Bonchev–Trinajstić information content (AvgIpc) is 2.53.